The second-order valence-electron chi connectivity index (χ2n) is 5.48. The lowest BCUT2D eigenvalue weighted by Gasteiger charge is -2.37. The quantitative estimate of drug-likeness (QED) is 0.881. The summed E-state index contributed by atoms with van der Waals surface area (Å²) in [5.74, 6) is -0.834. The molecule has 1 aliphatic rings. The minimum absolute atomic E-state index is 0.110. The van der Waals surface area contributed by atoms with Crippen molar-refractivity contribution in [1.82, 2.24) is 5.32 Å². The highest BCUT2D eigenvalue weighted by atomic mass is 19.1. The molecule has 1 fully saturated rings. The first-order valence-electron chi connectivity index (χ1n) is 6.85. The van der Waals surface area contributed by atoms with Crippen LogP contribution in [0, 0.1) is 12.7 Å². The normalized spacial score (nSPS) is 18.1. The topological polar surface area (TPSA) is 55.1 Å². The highest BCUT2D eigenvalue weighted by Crippen LogP contribution is 2.27. The van der Waals surface area contributed by atoms with Crippen LogP contribution in [0.15, 0.2) is 18.2 Å². The lowest BCUT2D eigenvalue weighted by atomic mass is 9.81. The van der Waals surface area contributed by atoms with Crippen LogP contribution in [0.5, 0.6) is 0 Å². The zero-order valence-electron chi connectivity index (χ0n) is 11.3. The number of halogens is 1. The van der Waals surface area contributed by atoms with Crippen LogP contribution in [0.4, 0.5) is 4.39 Å². The van der Waals surface area contributed by atoms with Crippen LogP contribution in [0.25, 0.3) is 0 Å². The van der Waals surface area contributed by atoms with Gasteiger partial charge in [0.05, 0.1) is 11.1 Å². The average Bonchev–Trinajstić information content (AvgIpc) is 2.42. The molecule has 0 spiro atoms. The molecule has 104 valence electrons. The fourth-order valence-corrected chi connectivity index (χ4v) is 2.73. The maximum absolute atomic E-state index is 13.7. The first-order valence-corrected chi connectivity index (χ1v) is 6.85. The Morgan fingerprint density at radius 3 is 2.68 bits per heavy atom. The van der Waals surface area contributed by atoms with Gasteiger partial charge < -0.3 is 11.1 Å². The summed E-state index contributed by atoms with van der Waals surface area (Å²) in [6.07, 6.45) is 5.06. The van der Waals surface area contributed by atoms with Gasteiger partial charge in [0, 0.05) is 6.54 Å². The largest absolute Gasteiger partial charge is 0.345 e. The van der Waals surface area contributed by atoms with Gasteiger partial charge in [-0.2, -0.15) is 0 Å². The van der Waals surface area contributed by atoms with E-state index in [4.69, 9.17) is 5.73 Å². The highest BCUT2D eigenvalue weighted by molar-refractivity contribution is 5.95. The number of carbonyl (C=O) groups is 1. The number of nitrogens with one attached hydrogen (secondary N) is 1. The molecule has 2 rings (SSSR count). The Bertz CT molecular complexity index is 467. The number of hydrogen-bond donors (Lipinski definition) is 2. The van der Waals surface area contributed by atoms with Crippen molar-refractivity contribution in [2.24, 2.45) is 5.73 Å². The molecular formula is C15H21FN2O. The Hall–Kier alpha value is -1.42. The Kier molecular flexibility index (Phi) is 4.20. The second-order valence-corrected chi connectivity index (χ2v) is 5.48. The van der Waals surface area contributed by atoms with Gasteiger partial charge in [-0.1, -0.05) is 30.9 Å². The minimum Gasteiger partial charge on any atom is -0.345 e. The first kappa shape index (κ1) is 14.0. The molecule has 1 aromatic rings. The third kappa shape index (κ3) is 3.13. The monoisotopic (exact) mass is 264 g/mol. The van der Waals surface area contributed by atoms with Crippen molar-refractivity contribution < 1.29 is 9.18 Å². The molecule has 0 atom stereocenters. The van der Waals surface area contributed by atoms with Gasteiger partial charge in [0.2, 0.25) is 0 Å². The van der Waals surface area contributed by atoms with Gasteiger partial charge in [-0.15, -0.1) is 0 Å². The Labute approximate surface area is 113 Å². The summed E-state index contributed by atoms with van der Waals surface area (Å²) in [5, 5.41) is 2.96. The average molecular weight is 264 g/mol. The van der Waals surface area contributed by atoms with Crippen molar-refractivity contribution in [2.45, 2.75) is 44.6 Å². The number of carbonyl (C=O) groups excluding carboxylic acids is 1. The number of nitrogens with two attached hydrogens (primary N) is 1. The zero-order chi connectivity index (χ0) is 13.9. The van der Waals surface area contributed by atoms with Gasteiger partial charge >= 0.3 is 0 Å². The molecule has 3 nitrogen and oxygen atoms in total. The first-order chi connectivity index (χ1) is 9.06. The summed E-state index contributed by atoms with van der Waals surface area (Å²) in [6.45, 7) is 2.25. The molecule has 1 aliphatic carbocycles. The second kappa shape index (κ2) is 5.70. The fourth-order valence-electron chi connectivity index (χ4n) is 2.73. The van der Waals surface area contributed by atoms with Gasteiger partial charge in [-0.3, -0.25) is 4.79 Å². The molecule has 0 saturated heterocycles. The number of amides is 1. The van der Waals surface area contributed by atoms with Gasteiger partial charge in [-0.05, 0) is 31.9 Å². The molecule has 1 saturated carbocycles. The predicted octanol–water partition coefficient (Wildman–Crippen LogP) is 2.53. The van der Waals surface area contributed by atoms with Gasteiger partial charge in [0.1, 0.15) is 5.82 Å². The molecule has 1 amide bonds. The molecule has 1 aromatic carbocycles. The lowest BCUT2D eigenvalue weighted by molar-refractivity contribution is 0.0870. The van der Waals surface area contributed by atoms with Gasteiger partial charge in [0.15, 0.2) is 0 Å². The fraction of sp³-hybridized carbons (Fsp3) is 0.533. The van der Waals surface area contributed by atoms with E-state index in [1.165, 1.54) is 12.5 Å². The minimum atomic E-state index is -0.480. The van der Waals surface area contributed by atoms with Gasteiger partial charge in [-0.25, -0.2) is 4.39 Å². The molecule has 0 aliphatic heterocycles. The van der Waals surface area contributed by atoms with Crippen LogP contribution >= 0.6 is 0 Å². The molecule has 19 heavy (non-hydrogen) atoms. The van der Waals surface area contributed by atoms with E-state index < -0.39 is 5.82 Å². The van der Waals surface area contributed by atoms with Crippen LogP contribution in [-0.2, 0) is 0 Å². The van der Waals surface area contributed by atoms with E-state index in [1.54, 1.807) is 12.1 Å². The van der Waals surface area contributed by atoms with E-state index in [9.17, 15) is 9.18 Å². The number of rotatable bonds is 3. The van der Waals surface area contributed by atoms with Crippen molar-refractivity contribution in [3.8, 4) is 0 Å². The van der Waals surface area contributed by atoms with Crippen molar-refractivity contribution in [3.63, 3.8) is 0 Å². The van der Waals surface area contributed by atoms with Crippen molar-refractivity contribution >= 4 is 5.91 Å². The summed E-state index contributed by atoms with van der Waals surface area (Å²) < 4.78 is 13.7. The molecule has 0 unspecified atom stereocenters. The van der Waals surface area contributed by atoms with Crippen molar-refractivity contribution in [3.05, 3.63) is 35.1 Å². The Balaban J connectivity index is 2.17. The van der Waals surface area contributed by atoms with Crippen molar-refractivity contribution in [2.75, 3.05) is 6.54 Å². The molecular weight excluding hydrogens is 243 g/mol. The summed E-state index contributed by atoms with van der Waals surface area (Å²) >= 11 is 0. The van der Waals surface area contributed by atoms with Crippen LogP contribution < -0.4 is 11.1 Å². The number of benzene rings is 1. The van der Waals surface area contributed by atoms with Crippen LogP contribution in [0.3, 0.4) is 0 Å². The SMILES string of the molecule is Cc1ccc(F)c(C(=O)NC2(CN)CCCCC2)c1. The third-order valence-electron chi connectivity index (χ3n) is 3.95. The third-order valence-corrected chi connectivity index (χ3v) is 3.95. The van der Waals surface area contributed by atoms with Crippen molar-refractivity contribution in [1.29, 1.82) is 0 Å². The Morgan fingerprint density at radius 2 is 2.05 bits per heavy atom. The standard InChI is InChI=1S/C15H21FN2O/c1-11-5-6-13(16)12(9-11)14(19)18-15(10-17)7-3-2-4-8-15/h5-6,9H,2-4,7-8,10,17H2,1H3,(H,18,19). The lowest BCUT2D eigenvalue weighted by Crippen LogP contribution is -2.54. The molecule has 0 heterocycles. The smallest absolute Gasteiger partial charge is 0.254 e. The van der Waals surface area contributed by atoms with E-state index in [1.807, 2.05) is 6.92 Å². The maximum Gasteiger partial charge on any atom is 0.254 e. The summed E-state index contributed by atoms with van der Waals surface area (Å²) in [6, 6.07) is 4.57. The van der Waals surface area contributed by atoms with E-state index in [-0.39, 0.29) is 17.0 Å². The molecule has 0 aromatic heterocycles. The van der Waals surface area contributed by atoms with Crippen LogP contribution in [0.2, 0.25) is 0 Å². The van der Waals surface area contributed by atoms with Crippen LogP contribution in [0.1, 0.15) is 48.0 Å². The Morgan fingerprint density at radius 1 is 1.37 bits per heavy atom. The molecule has 0 bridgehead atoms. The summed E-state index contributed by atoms with van der Waals surface area (Å²) in [7, 11) is 0. The van der Waals surface area contributed by atoms with E-state index >= 15 is 0 Å². The molecule has 0 radical (unpaired) electrons. The zero-order valence-corrected chi connectivity index (χ0v) is 11.3. The van der Waals surface area contributed by atoms with Crippen LogP contribution in [-0.4, -0.2) is 18.0 Å². The number of hydrogen-bond acceptors (Lipinski definition) is 2. The predicted molar refractivity (Wildman–Crippen MR) is 73.5 cm³/mol. The highest BCUT2D eigenvalue weighted by Gasteiger charge is 2.32. The van der Waals surface area contributed by atoms with E-state index in [0.717, 1.165) is 31.2 Å². The molecule has 3 N–H and O–H groups in total. The van der Waals surface area contributed by atoms with E-state index in [2.05, 4.69) is 5.32 Å². The number of aryl methyl sites for hydroxylation is 1. The summed E-state index contributed by atoms with van der Waals surface area (Å²) in [4.78, 5) is 12.2. The van der Waals surface area contributed by atoms with Gasteiger partial charge in [0.25, 0.3) is 5.91 Å². The maximum atomic E-state index is 13.7. The molecule has 4 heteroatoms. The summed E-state index contributed by atoms with van der Waals surface area (Å²) in [5.41, 5.74) is 6.45. The van der Waals surface area contributed by atoms with E-state index in [0.29, 0.717) is 6.54 Å².